The van der Waals surface area contributed by atoms with Crippen LogP contribution in [0.2, 0.25) is 5.02 Å². The van der Waals surface area contributed by atoms with Crippen LogP contribution < -0.4 is 5.56 Å². The van der Waals surface area contributed by atoms with Gasteiger partial charge in [-0.1, -0.05) is 58.9 Å². The topological polar surface area (TPSA) is 70.2 Å². The molecule has 0 saturated heterocycles. The maximum absolute atomic E-state index is 12.9. The summed E-state index contributed by atoms with van der Waals surface area (Å²) in [6.45, 7) is 0.823. The van der Waals surface area contributed by atoms with Gasteiger partial charge in [0.05, 0.1) is 29.8 Å². The average Bonchev–Trinajstić information content (AvgIpc) is 3.21. The summed E-state index contributed by atoms with van der Waals surface area (Å²) < 4.78 is 12.2. The molecule has 4 rings (SSSR count). The number of thioether (sulfide) groups is 1. The average molecular weight is 428 g/mol. The van der Waals surface area contributed by atoms with Gasteiger partial charge in [-0.05, 0) is 18.2 Å². The molecule has 0 atom stereocenters. The van der Waals surface area contributed by atoms with Crippen molar-refractivity contribution in [3.05, 3.63) is 75.7 Å². The predicted octanol–water partition coefficient (Wildman–Crippen LogP) is 4.64. The van der Waals surface area contributed by atoms with Crippen LogP contribution in [0.25, 0.3) is 22.2 Å². The third kappa shape index (κ3) is 4.37. The highest BCUT2D eigenvalue weighted by Gasteiger charge is 2.14. The van der Waals surface area contributed by atoms with E-state index < -0.39 is 0 Å². The quantitative estimate of drug-likeness (QED) is 0.316. The van der Waals surface area contributed by atoms with E-state index in [0.717, 1.165) is 11.3 Å². The Morgan fingerprint density at radius 3 is 2.79 bits per heavy atom. The zero-order chi connectivity index (χ0) is 20.2. The van der Waals surface area contributed by atoms with Gasteiger partial charge in [-0.2, -0.15) is 0 Å². The molecule has 0 radical (unpaired) electrons. The number of ether oxygens (including phenoxy) is 1. The normalized spacial score (nSPS) is 11.2. The third-order valence-electron chi connectivity index (χ3n) is 4.37. The summed E-state index contributed by atoms with van der Waals surface area (Å²) in [5.74, 6) is 1.19. The number of nitrogens with zero attached hydrogens (tertiary/aromatic N) is 3. The van der Waals surface area contributed by atoms with Gasteiger partial charge in [-0.25, -0.2) is 4.98 Å². The Morgan fingerprint density at radius 1 is 1.17 bits per heavy atom. The van der Waals surface area contributed by atoms with Crippen molar-refractivity contribution in [1.29, 1.82) is 0 Å². The predicted molar refractivity (Wildman–Crippen MR) is 114 cm³/mol. The summed E-state index contributed by atoms with van der Waals surface area (Å²) in [5.41, 5.74) is 2.22. The van der Waals surface area contributed by atoms with E-state index in [0.29, 0.717) is 45.7 Å². The molecule has 2 heterocycles. The van der Waals surface area contributed by atoms with Crippen molar-refractivity contribution in [3.8, 4) is 11.3 Å². The van der Waals surface area contributed by atoms with Crippen molar-refractivity contribution < 1.29 is 9.26 Å². The summed E-state index contributed by atoms with van der Waals surface area (Å²) in [5, 5.41) is 5.79. The molecular formula is C21H18ClN3O3S. The molecule has 148 valence electrons. The van der Waals surface area contributed by atoms with Gasteiger partial charge in [0.1, 0.15) is 11.5 Å². The van der Waals surface area contributed by atoms with Gasteiger partial charge in [-0.15, -0.1) is 0 Å². The molecule has 29 heavy (non-hydrogen) atoms. The second kappa shape index (κ2) is 8.82. The van der Waals surface area contributed by atoms with E-state index >= 15 is 0 Å². The molecule has 0 fully saturated rings. The lowest BCUT2D eigenvalue weighted by Crippen LogP contribution is -2.25. The molecular weight excluding hydrogens is 410 g/mol. The zero-order valence-electron chi connectivity index (χ0n) is 15.7. The Bertz CT molecular complexity index is 1190. The second-order valence-electron chi connectivity index (χ2n) is 6.34. The summed E-state index contributed by atoms with van der Waals surface area (Å²) in [6.07, 6.45) is 0. The number of benzene rings is 2. The second-order valence-corrected chi connectivity index (χ2v) is 7.72. The molecule has 0 spiro atoms. The Labute approximate surface area is 176 Å². The van der Waals surface area contributed by atoms with Crippen LogP contribution in [0.4, 0.5) is 0 Å². The fourth-order valence-electron chi connectivity index (χ4n) is 2.93. The molecule has 2 aromatic heterocycles. The number of halogens is 1. The standard InChI is InChI=1S/C21H18ClN3O3S/c1-27-10-9-25-20(26)17-8-7-15(22)11-19(17)23-21(25)29-13-16-12-18(24-28-16)14-5-3-2-4-6-14/h2-8,11-12H,9-10,13H2,1H3. The van der Waals surface area contributed by atoms with Crippen LogP contribution in [0.5, 0.6) is 0 Å². The first-order chi connectivity index (χ1) is 14.2. The van der Waals surface area contributed by atoms with Crippen molar-refractivity contribution >= 4 is 34.3 Å². The Kier molecular flexibility index (Phi) is 5.99. The first-order valence-corrected chi connectivity index (χ1v) is 10.3. The fourth-order valence-corrected chi connectivity index (χ4v) is 3.99. The lowest BCUT2D eigenvalue weighted by Gasteiger charge is -2.12. The fraction of sp³-hybridized carbons (Fsp3) is 0.190. The van der Waals surface area contributed by atoms with Gasteiger partial charge >= 0.3 is 0 Å². The number of hydrogen-bond acceptors (Lipinski definition) is 6. The maximum atomic E-state index is 12.9. The van der Waals surface area contributed by atoms with Crippen LogP contribution in [0.15, 0.2) is 69.1 Å². The molecule has 0 aliphatic carbocycles. The van der Waals surface area contributed by atoms with E-state index in [1.165, 1.54) is 11.8 Å². The largest absolute Gasteiger partial charge is 0.383 e. The summed E-state index contributed by atoms with van der Waals surface area (Å²) >= 11 is 7.50. The van der Waals surface area contributed by atoms with Crippen molar-refractivity contribution in [2.75, 3.05) is 13.7 Å². The van der Waals surface area contributed by atoms with Crippen LogP contribution in [-0.4, -0.2) is 28.4 Å². The SMILES string of the molecule is COCCn1c(SCc2cc(-c3ccccc3)no2)nc2cc(Cl)ccc2c1=O. The minimum absolute atomic E-state index is 0.117. The van der Waals surface area contributed by atoms with Gasteiger partial charge < -0.3 is 9.26 Å². The molecule has 0 unspecified atom stereocenters. The van der Waals surface area contributed by atoms with E-state index in [-0.39, 0.29) is 5.56 Å². The summed E-state index contributed by atoms with van der Waals surface area (Å²) in [6, 6.07) is 16.8. The van der Waals surface area contributed by atoms with Crippen LogP contribution in [0, 0.1) is 0 Å². The highest BCUT2D eigenvalue weighted by Crippen LogP contribution is 2.26. The van der Waals surface area contributed by atoms with Gasteiger partial charge in [0.2, 0.25) is 0 Å². The van der Waals surface area contributed by atoms with Crippen LogP contribution >= 0.6 is 23.4 Å². The summed E-state index contributed by atoms with van der Waals surface area (Å²) in [4.78, 5) is 17.6. The third-order valence-corrected chi connectivity index (χ3v) is 5.61. The maximum Gasteiger partial charge on any atom is 0.262 e. The molecule has 0 saturated carbocycles. The molecule has 0 aliphatic heterocycles. The minimum atomic E-state index is -0.117. The number of methoxy groups -OCH3 is 1. The lowest BCUT2D eigenvalue weighted by atomic mass is 10.1. The van der Waals surface area contributed by atoms with E-state index in [4.69, 9.17) is 20.9 Å². The number of hydrogen-bond donors (Lipinski definition) is 0. The summed E-state index contributed by atoms with van der Waals surface area (Å²) in [7, 11) is 1.60. The van der Waals surface area contributed by atoms with Crippen molar-refractivity contribution in [3.63, 3.8) is 0 Å². The molecule has 6 nitrogen and oxygen atoms in total. The molecule has 0 aliphatic rings. The molecule has 4 aromatic rings. The molecule has 0 bridgehead atoms. The molecule has 0 amide bonds. The number of fused-ring (bicyclic) bond motifs is 1. The monoisotopic (exact) mass is 427 g/mol. The number of aromatic nitrogens is 3. The first-order valence-electron chi connectivity index (χ1n) is 8.98. The van der Waals surface area contributed by atoms with Gasteiger partial charge in [0.25, 0.3) is 5.56 Å². The Hall–Kier alpha value is -2.61. The van der Waals surface area contributed by atoms with Crippen molar-refractivity contribution in [2.45, 2.75) is 17.5 Å². The van der Waals surface area contributed by atoms with E-state index in [1.54, 1.807) is 29.9 Å². The Balaban J connectivity index is 1.63. The van der Waals surface area contributed by atoms with Gasteiger partial charge in [0.15, 0.2) is 5.16 Å². The highest BCUT2D eigenvalue weighted by atomic mass is 35.5. The van der Waals surface area contributed by atoms with Crippen LogP contribution in [0.1, 0.15) is 5.76 Å². The van der Waals surface area contributed by atoms with Gasteiger partial charge in [-0.3, -0.25) is 9.36 Å². The minimum Gasteiger partial charge on any atom is -0.383 e. The smallest absolute Gasteiger partial charge is 0.262 e. The molecule has 0 N–H and O–H groups in total. The van der Waals surface area contributed by atoms with Crippen LogP contribution in [0.3, 0.4) is 0 Å². The zero-order valence-corrected chi connectivity index (χ0v) is 17.2. The first kappa shape index (κ1) is 19.7. The highest BCUT2D eigenvalue weighted by molar-refractivity contribution is 7.98. The van der Waals surface area contributed by atoms with Crippen molar-refractivity contribution in [1.82, 2.24) is 14.7 Å². The van der Waals surface area contributed by atoms with Crippen molar-refractivity contribution in [2.24, 2.45) is 0 Å². The van der Waals surface area contributed by atoms with E-state index in [2.05, 4.69) is 10.1 Å². The number of rotatable bonds is 7. The molecule has 8 heteroatoms. The molecule has 2 aromatic carbocycles. The van der Waals surface area contributed by atoms with E-state index in [9.17, 15) is 4.79 Å². The van der Waals surface area contributed by atoms with Gasteiger partial charge in [0, 0.05) is 23.8 Å². The lowest BCUT2D eigenvalue weighted by molar-refractivity contribution is 0.183. The Morgan fingerprint density at radius 2 is 2.00 bits per heavy atom. The van der Waals surface area contributed by atoms with E-state index in [1.807, 2.05) is 36.4 Å². The van der Waals surface area contributed by atoms with Crippen LogP contribution in [-0.2, 0) is 17.0 Å².